The number of halogens is 3. The summed E-state index contributed by atoms with van der Waals surface area (Å²) < 4.78 is 67.3. The van der Waals surface area contributed by atoms with Crippen molar-refractivity contribution in [2.45, 2.75) is 6.36 Å². The predicted octanol–water partition coefficient (Wildman–Crippen LogP) is 1.60. The molecule has 0 bridgehead atoms. The molecule has 0 unspecified atom stereocenters. The molecule has 21 heavy (non-hydrogen) atoms. The van der Waals surface area contributed by atoms with E-state index in [1.807, 2.05) is 0 Å². The van der Waals surface area contributed by atoms with E-state index in [2.05, 4.69) is 10.1 Å². The van der Waals surface area contributed by atoms with Crippen molar-refractivity contribution in [2.24, 2.45) is 0 Å². The summed E-state index contributed by atoms with van der Waals surface area (Å²) in [5.74, 6) is -0.457. The summed E-state index contributed by atoms with van der Waals surface area (Å²) in [6, 6.07) is 5.44. The first-order chi connectivity index (χ1) is 9.67. The van der Waals surface area contributed by atoms with E-state index in [9.17, 15) is 21.6 Å². The van der Waals surface area contributed by atoms with E-state index < -0.39 is 21.9 Å². The van der Waals surface area contributed by atoms with E-state index in [1.165, 1.54) is 18.2 Å². The Balaban J connectivity index is 2.38. The molecule has 0 aliphatic carbocycles. The normalized spacial score (nSPS) is 12.2. The number of hydrogen-bond acceptors (Lipinski definition) is 5. The highest BCUT2D eigenvalue weighted by Gasteiger charge is 2.32. The van der Waals surface area contributed by atoms with Gasteiger partial charge < -0.3 is 14.8 Å². The fourth-order valence-electron chi connectivity index (χ4n) is 1.39. The molecule has 0 radical (unpaired) electrons. The fourth-order valence-corrected chi connectivity index (χ4v) is 1.91. The van der Waals surface area contributed by atoms with Gasteiger partial charge in [-0.1, -0.05) is 12.1 Å². The molecule has 0 saturated carbocycles. The maximum atomic E-state index is 12.2. The van der Waals surface area contributed by atoms with Gasteiger partial charge in [-0.3, -0.25) is 0 Å². The molecule has 1 N–H and O–H groups in total. The van der Waals surface area contributed by atoms with Crippen molar-refractivity contribution in [2.75, 3.05) is 31.7 Å². The smallest absolute Gasteiger partial charge is 0.488 e. The molecule has 0 aliphatic heterocycles. The number of benzene rings is 1. The number of hydrogen-bond donors (Lipinski definition) is 1. The van der Waals surface area contributed by atoms with Crippen LogP contribution in [0.2, 0.25) is 0 Å². The first-order valence-electron chi connectivity index (χ1n) is 6.03. The van der Waals surface area contributed by atoms with Gasteiger partial charge in [-0.15, -0.1) is 13.2 Å². The van der Waals surface area contributed by atoms with Crippen LogP contribution in [0.15, 0.2) is 24.3 Å². The summed E-state index contributed by atoms with van der Waals surface area (Å²) >= 11 is 0. The van der Waals surface area contributed by atoms with Crippen LogP contribution in [0.4, 0.5) is 13.2 Å². The van der Waals surface area contributed by atoms with Crippen molar-refractivity contribution in [3.05, 3.63) is 24.3 Å². The van der Waals surface area contributed by atoms with E-state index in [0.717, 1.165) is 12.3 Å². The van der Waals surface area contributed by atoms with Crippen molar-refractivity contribution in [1.82, 2.24) is 5.32 Å². The van der Waals surface area contributed by atoms with Crippen molar-refractivity contribution >= 4 is 9.84 Å². The number of alkyl halides is 3. The molecule has 1 aromatic rings. The first-order valence-corrected chi connectivity index (χ1v) is 8.09. The van der Waals surface area contributed by atoms with Gasteiger partial charge in [0.2, 0.25) is 0 Å². The number of nitrogens with one attached hydrogen (secondary N) is 1. The van der Waals surface area contributed by atoms with E-state index in [1.54, 1.807) is 0 Å². The highest BCUT2D eigenvalue weighted by molar-refractivity contribution is 7.90. The lowest BCUT2D eigenvalue weighted by Crippen LogP contribution is -2.26. The highest BCUT2D eigenvalue weighted by atomic mass is 32.2. The molecule has 0 fully saturated rings. The lowest BCUT2D eigenvalue weighted by atomic mass is 10.3. The van der Waals surface area contributed by atoms with E-state index in [4.69, 9.17) is 4.74 Å². The lowest BCUT2D eigenvalue weighted by Gasteiger charge is -2.14. The molecule has 1 aromatic carbocycles. The van der Waals surface area contributed by atoms with Crippen LogP contribution >= 0.6 is 0 Å². The monoisotopic (exact) mass is 327 g/mol. The van der Waals surface area contributed by atoms with Crippen molar-refractivity contribution in [3.63, 3.8) is 0 Å². The zero-order valence-corrected chi connectivity index (χ0v) is 12.1. The second-order valence-corrected chi connectivity index (χ2v) is 6.48. The largest absolute Gasteiger partial charge is 0.573 e. The average Bonchev–Trinajstić information content (AvgIpc) is 2.32. The van der Waals surface area contributed by atoms with Gasteiger partial charge in [-0.05, 0) is 12.1 Å². The molecule has 0 saturated heterocycles. The van der Waals surface area contributed by atoms with Crippen LogP contribution in [0.5, 0.6) is 11.5 Å². The maximum Gasteiger partial charge on any atom is 0.573 e. The minimum absolute atomic E-state index is 0.0131. The number of para-hydroxylation sites is 2. The van der Waals surface area contributed by atoms with Crippen LogP contribution in [0.1, 0.15) is 0 Å². The van der Waals surface area contributed by atoms with E-state index >= 15 is 0 Å². The highest BCUT2D eigenvalue weighted by Crippen LogP contribution is 2.31. The SMILES string of the molecule is CS(=O)(=O)CCNCCOc1ccccc1OC(F)(F)F. The summed E-state index contributed by atoms with van der Waals surface area (Å²) in [5.41, 5.74) is 0. The van der Waals surface area contributed by atoms with Crippen molar-refractivity contribution in [1.29, 1.82) is 0 Å². The molecule has 120 valence electrons. The molecule has 0 aromatic heterocycles. The van der Waals surface area contributed by atoms with Gasteiger partial charge in [-0.2, -0.15) is 0 Å². The molecule has 9 heteroatoms. The summed E-state index contributed by atoms with van der Waals surface area (Å²) in [6.07, 6.45) is -3.66. The summed E-state index contributed by atoms with van der Waals surface area (Å²) in [5, 5.41) is 2.81. The number of sulfone groups is 1. The van der Waals surface area contributed by atoms with Gasteiger partial charge >= 0.3 is 6.36 Å². The minimum atomic E-state index is -4.78. The van der Waals surface area contributed by atoms with E-state index in [0.29, 0.717) is 6.54 Å². The quantitative estimate of drug-likeness (QED) is 0.735. The molecule has 0 amide bonds. The van der Waals surface area contributed by atoms with Gasteiger partial charge in [0.15, 0.2) is 11.5 Å². The lowest BCUT2D eigenvalue weighted by molar-refractivity contribution is -0.275. The Morgan fingerprint density at radius 3 is 2.33 bits per heavy atom. The fraction of sp³-hybridized carbons (Fsp3) is 0.500. The molecule has 0 spiro atoms. The summed E-state index contributed by atoms with van der Waals surface area (Å²) in [4.78, 5) is 0. The van der Waals surface area contributed by atoms with Crippen LogP contribution in [-0.4, -0.2) is 46.5 Å². The number of rotatable bonds is 8. The third kappa shape index (κ3) is 8.41. The van der Waals surface area contributed by atoms with Crippen LogP contribution in [0.3, 0.4) is 0 Å². The van der Waals surface area contributed by atoms with Gasteiger partial charge in [0, 0.05) is 19.3 Å². The third-order valence-corrected chi connectivity index (χ3v) is 3.21. The third-order valence-electron chi connectivity index (χ3n) is 2.26. The second-order valence-electron chi connectivity index (χ2n) is 4.22. The maximum absolute atomic E-state index is 12.2. The zero-order valence-electron chi connectivity index (χ0n) is 11.3. The molecular weight excluding hydrogens is 311 g/mol. The zero-order chi connectivity index (χ0) is 15.9. The first kappa shape index (κ1) is 17.6. The molecule has 0 aliphatic rings. The second kappa shape index (κ2) is 7.51. The summed E-state index contributed by atoms with van der Waals surface area (Å²) in [7, 11) is -3.04. The average molecular weight is 327 g/mol. The van der Waals surface area contributed by atoms with E-state index in [-0.39, 0.29) is 24.7 Å². The standard InChI is InChI=1S/C12H16F3NO4S/c1-21(17,18)9-7-16-6-8-19-10-4-2-3-5-11(10)20-12(13,14)15/h2-5,16H,6-9H2,1H3. The van der Waals surface area contributed by atoms with Crippen LogP contribution in [0.25, 0.3) is 0 Å². The minimum Gasteiger partial charge on any atom is -0.488 e. The van der Waals surface area contributed by atoms with Gasteiger partial charge in [0.25, 0.3) is 0 Å². The Morgan fingerprint density at radius 2 is 1.76 bits per heavy atom. The van der Waals surface area contributed by atoms with Crippen molar-refractivity contribution < 1.29 is 31.1 Å². The topological polar surface area (TPSA) is 64.6 Å². The van der Waals surface area contributed by atoms with Crippen LogP contribution < -0.4 is 14.8 Å². The van der Waals surface area contributed by atoms with Crippen LogP contribution in [0, 0.1) is 0 Å². The van der Waals surface area contributed by atoms with Gasteiger partial charge in [-0.25, -0.2) is 8.42 Å². The van der Waals surface area contributed by atoms with Gasteiger partial charge in [0.05, 0.1) is 5.75 Å². The Hall–Kier alpha value is -1.48. The number of ether oxygens (including phenoxy) is 2. The van der Waals surface area contributed by atoms with Gasteiger partial charge in [0.1, 0.15) is 16.4 Å². The Labute approximate surface area is 121 Å². The molecule has 0 atom stereocenters. The summed E-state index contributed by atoms with van der Waals surface area (Å²) in [6.45, 7) is 0.640. The Kier molecular flexibility index (Phi) is 6.28. The molecule has 0 heterocycles. The Bertz CT molecular complexity index is 546. The Morgan fingerprint density at radius 1 is 1.14 bits per heavy atom. The molecular formula is C12H16F3NO4S. The predicted molar refractivity (Wildman–Crippen MR) is 71.2 cm³/mol. The molecule has 5 nitrogen and oxygen atoms in total. The molecule has 1 rings (SSSR count). The van der Waals surface area contributed by atoms with Crippen LogP contribution in [-0.2, 0) is 9.84 Å². The van der Waals surface area contributed by atoms with Crippen molar-refractivity contribution in [3.8, 4) is 11.5 Å².